The average Bonchev–Trinajstić information content (AvgIpc) is 2.22. The fourth-order valence-electron chi connectivity index (χ4n) is 1.36. The van der Waals surface area contributed by atoms with Gasteiger partial charge in [-0.25, -0.2) is 4.98 Å². The van der Waals surface area contributed by atoms with Crippen molar-refractivity contribution >= 4 is 38.6 Å². The summed E-state index contributed by atoms with van der Waals surface area (Å²) in [5.41, 5.74) is 2.50. The Morgan fingerprint density at radius 3 is 2.93 bits per heavy atom. The molecule has 5 heteroatoms. The van der Waals surface area contributed by atoms with Crippen LogP contribution in [0.1, 0.15) is 11.3 Å². The normalized spacial score (nSPS) is 10.9. The smallest absolute Gasteiger partial charge is 0.269 e. The van der Waals surface area contributed by atoms with Gasteiger partial charge in [0.25, 0.3) is 5.56 Å². The summed E-state index contributed by atoms with van der Waals surface area (Å²) in [5, 5.41) is 1.20. The minimum absolute atomic E-state index is 0.198. The van der Waals surface area contributed by atoms with E-state index in [1.54, 1.807) is 6.92 Å². The van der Waals surface area contributed by atoms with Crippen molar-refractivity contribution in [1.82, 2.24) is 9.97 Å². The van der Waals surface area contributed by atoms with E-state index in [1.807, 2.05) is 12.1 Å². The average molecular weight is 288 g/mol. The molecule has 1 aromatic carbocycles. The molecule has 2 aromatic rings. The molecule has 0 unspecified atom stereocenters. The predicted molar refractivity (Wildman–Crippen MR) is 64.7 cm³/mol. The Balaban J connectivity index is 2.87. The Hall–Kier alpha value is -0.870. The number of fused-ring (bicyclic) bond motifs is 1. The Labute approximate surface area is 99.6 Å². The first-order chi connectivity index (χ1) is 7.13. The molecule has 0 saturated heterocycles. The zero-order chi connectivity index (χ0) is 11.0. The van der Waals surface area contributed by atoms with Crippen molar-refractivity contribution in [1.29, 1.82) is 0 Å². The Morgan fingerprint density at radius 1 is 1.53 bits per heavy atom. The summed E-state index contributed by atoms with van der Waals surface area (Å²) in [7, 11) is 0. The van der Waals surface area contributed by atoms with Crippen molar-refractivity contribution in [3.05, 3.63) is 38.8 Å². The summed E-state index contributed by atoms with van der Waals surface area (Å²) < 4.78 is 0. The molecule has 15 heavy (non-hydrogen) atoms. The maximum Gasteiger partial charge on any atom is 0.269 e. The minimum Gasteiger partial charge on any atom is -0.318 e. The molecule has 0 bridgehead atoms. The van der Waals surface area contributed by atoms with Crippen molar-refractivity contribution in [2.75, 3.05) is 0 Å². The van der Waals surface area contributed by atoms with Crippen LogP contribution in [-0.4, -0.2) is 9.97 Å². The lowest BCUT2D eigenvalue weighted by Crippen LogP contribution is -2.11. The Kier molecular flexibility index (Phi) is 2.80. The maximum absolute atomic E-state index is 11.4. The maximum atomic E-state index is 11.4. The predicted octanol–water partition coefficient (Wildman–Crippen LogP) is 2.78. The van der Waals surface area contributed by atoms with Gasteiger partial charge >= 0.3 is 0 Å². The molecule has 3 nitrogen and oxygen atoms in total. The molecule has 0 atom stereocenters. The van der Waals surface area contributed by atoms with Gasteiger partial charge < -0.3 is 4.98 Å². The molecular formula is C10H8BrClN2O. The second-order valence-electron chi connectivity index (χ2n) is 3.22. The minimum atomic E-state index is -0.198. The molecule has 0 aliphatic heterocycles. The fraction of sp³-hybridized carbons (Fsp3) is 0.200. The van der Waals surface area contributed by atoms with Crippen LogP contribution in [0.2, 0.25) is 5.02 Å². The SMILES string of the molecule is Cc1nc2ccc(CBr)c(Cl)c2[nH]c1=O. The van der Waals surface area contributed by atoms with Crippen molar-refractivity contribution in [2.24, 2.45) is 0 Å². The summed E-state index contributed by atoms with van der Waals surface area (Å²) in [6, 6.07) is 3.74. The van der Waals surface area contributed by atoms with Crippen LogP contribution in [0.3, 0.4) is 0 Å². The first-order valence-electron chi connectivity index (χ1n) is 4.37. The third kappa shape index (κ3) is 1.79. The number of hydrogen-bond donors (Lipinski definition) is 1. The fourth-order valence-corrected chi connectivity index (χ4v) is 2.26. The molecule has 1 aromatic heterocycles. The number of H-pyrrole nitrogens is 1. The highest BCUT2D eigenvalue weighted by atomic mass is 79.9. The topological polar surface area (TPSA) is 45.8 Å². The second kappa shape index (κ2) is 3.94. The van der Waals surface area contributed by atoms with Crippen molar-refractivity contribution in [2.45, 2.75) is 12.3 Å². The summed E-state index contributed by atoms with van der Waals surface area (Å²) in [4.78, 5) is 18.3. The number of aromatic amines is 1. The van der Waals surface area contributed by atoms with Gasteiger partial charge in [-0.05, 0) is 18.6 Å². The quantitative estimate of drug-likeness (QED) is 0.820. The summed E-state index contributed by atoms with van der Waals surface area (Å²) in [6.07, 6.45) is 0. The van der Waals surface area contributed by atoms with Gasteiger partial charge in [0.05, 0.1) is 16.1 Å². The molecule has 1 heterocycles. The van der Waals surface area contributed by atoms with E-state index in [0.717, 1.165) is 5.56 Å². The largest absolute Gasteiger partial charge is 0.318 e. The Bertz CT molecular complexity index is 579. The monoisotopic (exact) mass is 286 g/mol. The first kappa shape index (κ1) is 10.6. The lowest BCUT2D eigenvalue weighted by Gasteiger charge is -2.04. The standard InChI is InChI=1S/C10H8BrClN2O/c1-5-10(15)14-9-7(13-5)3-2-6(4-11)8(9)12/h2-3H,4H2,1H3,(H,14,15). The van der Waals surface area contributed by atoms with Gasteiger partial charge in [0.1, 0.15) is 5.69 Å². The van der Waals surface area contributed by atoms with Crippen LogP contribution in [0.5, 0.6) is 0 Å². The highest BCUT2D eigenvalue weighted by molar-refractivity contribution is 9.08. The molecule has 0 spiro atoms. The van der Waals surface area contributed by atoms with E-state index in [0.29, 0.717) is 27.1 Å². The number of aryl methyl sites for hydroxylation is 1. The number of rotatable bonds is 1. The molecule has 1 N–H and O–H groups in total. The van der Waals surface area contributed by atoms with E-state index < -0.39 is 0 Å². The number of hydrogen-bond acceptors (Lipinski definition) is 2. The van der Waals surface area contributed by atoms with Gasteiger partial charge in [-0.3, -0.25) is 4.79 Å². The van der Waals surface area contributed by atoms with Crippen molar-refractivity contribution in [3.8, 4) is 0 Å². The number of halogens is 2. The zero-order valence-electron chi connectivity index (χ0n) is 7.97. The summed E-state index contributed by atoms with van der Waals surface area (Å²) in [5.74, 6) is 0. The van der Waals surface area contributed by atoms with Crippen molar-refractivity contribution < 1.29 is 0 Å². The van der Waals surface area contributed by atoms with Crippen LogP contribution in [0, 0.1) is 6.92 Å². The van der Waals surface area contributed by atoms with Crippen LogP contribution in [0.25, 0.3) is 11.0 Å². The summed E-state index contributed by atoms with van der Waals surface area (Å²) >= 11 is 9.46. The number of alkyl halides is 1. The molecule has 78 valence electrons. The van der Waals surface area contributed by atoms with Crippen LogP contribution in [0.4, 0.5) is 0 Å². The molecular weight excluding hydrogens is 279 g/mol. The van der Waals surface area contributed by atoms with Crippen LogP contribution in [0.15, 0.2) is 16.9 Å². The lowest BCUT2D eigenvalue weighted by molar-refractivity contribution is 1.12. The molecule has 0 aliphatic carbocycles. The van der Waals surface area contributed by atoms with E-state index in [-0.39, 0.29) is 5.56 Å². The molecule has 0 fully saturated rings. The second-order valence-corrected chi connectivity index (χ2v) is 4.16. The van der Waals surface area contributed by atoms with E-state index in [4.69, 9.17) is 11.6 Å². The van der Waals surface area contributed by atoms with Crippen LogP contribution >= 0.6 is 27.5 Å². The molecule has 0 aliphatic rings. The number of aromatic nitrogens is 2. The van der Waals surface area contributed by atoms with Gasteiger partial charge in [-0.2, -0.15) is 0 Å². The highest BCUT2D eigenvalue weighted by Gasteiger charge is 2.07. The van der Waals surface area contributed by atoms with Gasteiger partial charge in [0.15, 0.2) is 0 Å². The Morgan fingerprint density at radius 2 is 2.27 bits per heavy atom. The van der Waals surface area contributed by atoms with E-state index in [1.165, 1.54) is 0 Å². The molecule has 0 amide bonds. The van der Waals surface area contributed by atoms with Crippen LogP contribution in [-0.2, 0) is 5.33 Å². The molecule has 2 rings (SSSR count). The van der Waals surface area contributed by atoms with E-state index >= 15 is 0 Å². The first-order valence-corrected chi connectivity index (χ1v) is 5.87. The molecule has 0 saturated carbocycles. The summed E-state index contributed by atoms with van der Waals surface area (Å²) in [6.45, 7) is 1.67. The zero-order valence-corrected chi connectivity index (χ0v) is 10.3. The third-order valence-corrected chi connectivity index (χ3v) is 3.24. The van der Waals surface area contributed by atoms with Crippen LogP contribution < -0.4 is 5.56 Å². The highest BCUT2D eigenvalue weighted by Crippen LogP contribution is 2.25. The van der Waals surface area contributed by atoms with E-state index in [9.17, 15) is 4.79 Å². The van der Waals surface area contributed by atoms with E-state index in [2.05, 4.69) is 25.9 Å². The van der Waals surface area contributed by atoms with Gasteiger partial charge in [-0.1, -0.05) is 33.6 Å². The number of benzene rings is 1. The number of nitrogens with zero attached hydrogens (tertiary/aromatic N) is 1. The van der Waals surface area contributed by atoms with Gasteiger partial charge in [0, 0.05) is 5.33 Å². The lowest BCUT2D eigenvalue weighted by atomic mass is 10.2. The third-order valence-electron chi connectivity index (χ3n) is 2.20. The molecule has 0 radical (unpaired) electrons. The van der Waals surface area contributed by atoms with Gasteiger partial charge in [0.2, 0.25) is 0 Å². The van der Waals surface area contributed by atoms with Gasteiger partial charge in [-0.15, -0.1) is 0 Å². The number of nitrogens with one attached hydrogen (secondary N) is 1. The van der Waals surface area contributed by atoms with Crippen molar-refractivity contribution in [3.63, 3.8) is 0 Å².